The van der Waals surface area contributed by atoms with Crippen LogP contribution in [0.1, 0.15) is 27.9 Å². The quantitative estimate of drug-likeness (QED) is 0.612. The molecule has 1 atom stereocenters. The molecule has 21 heavy (non-hydrogen) atoms. The second kappa shape index (κ2) is 4.85. The second-order valence-corrected chi connectivity index (χ2v) is 5.29. The molecule has 7 heteroatoms. The van der Waals surface area contributed by atoms with Gasteiger partial charge in [-0.05, 0) is 11.1 Å². The van der Waals surface area contributed by atoms with E-state index in [-0.39, 0.29) is 43.7 Å². The van der Waals surface area contributed by atoms with Crippen LogP contribution in [-0.4, -0.2) is 35.1 Å². The average Bonchev–Trinajstić information content (AvgIpc) is 2.80. The summed E-state index contributed by atoms with van der Waals surface area (Å²) in [7, 11) is 0. The third kappa shape index (κ3) is 2.06. The number of carbonyl (C=O) groups is 3. The van der Waals surface area contributed by atoms with Crippen LogP contribution in [0.2, 0.25) is 0 Å². The van der Waals surface area contributed by atoms with Crippen LogP contribution in [0.3, 0.4) is 0 Å². The summed E-state index contributed by atoms with van der Waals surface area (Å²) in [5.41, 5.74) is 13.8. The molecule has 5 N–H and O–H groups in total. The summed E-state index contributed by atoms with van der Waals surface area (Å²) in [5, 5.41) is 2.51. The van der Waals surface area contributed by atoms with Gasteiger partial charge in [0.25, 0.3) is 5.91 Å². The maximum Gasteiger partial charge on any atom is 0.257 e. The van der Waals surface area contributed by atoms with Gasteiger partial charge >= 0.3 is 0 Å². The molecule has 2 amide bonds. The Kier molecular flexibility index (Phi) is 3.13. The van der Waals surface area contributed by atoms with Crippen molar-refractivity contribution in [1.29, 1.82) is 0 Å². The highest BCUT2D eigenvalue weighted by molar-refractivity contribution is 6.07. The number of anilines is 1. The Hall–Kier alpha value is -2.41. The standard InChI is InChI=1S/C14H16N4O3/c15-4-7-1-2-8-6-18(14(21)11(8)12(7)16)10-3-9(19)5-17-13(10)20/h1-2,10H,3-6,15-16H2,(H,17,20). The van der Waals surface area contributed by atoms with Gasteiger partial charge in [-0.2, -0.15) is 0 Å². The van der Waals surface area contributed by atoms with E-state index in [9.17, 15) is 14.4 Å². The summed E-state index contributed by atoms with van der Waals surface area (Å²) in [6.07, 6.45) is 0.0508. The number of benzene rings is 1. The summed E-state index contributed by atoms with van der Waals surface area (Å²) in [6.45, 7) is 0.563. The molecule has 0 bridgehead atoms. The normalized spacial score (nSPS) is 21.5. The fourth-order valence-electron chi connectivity index (χ4n) is 2.86. The van der Waals surface area contributed by atoms with Crippen molar-refractivity contribution >= 4 is 23.3 Å². The fraction of sp³-hybridized carbons (Fsp3) is 0.357. The maximum absolute atomic E-state index is 12.6. The van der Waals surface area contributed by atoms with Crippen LogP contribution in [-0.2, 0) is 22.7 Å². The van der Waals surface area contributed by atoms with Gasteiger partial charge in [0.2, 0.25) is 5.91 Å². The summed E-state index contributed by atoms with van der Waals surface area (Å²) in [6, 6.07) is 2.83. The number of ketones is 1. The molecule has 1 aromatic carbocycles. The van der Waals surface area contributed by atoms with E-state index in [4.69, 9.17) is 11.5 Å². The topological polar surface area (TPSA) is 119 Å². The van der Waals surface area contributed by atoms with Crippen LogP contribution < -0.4 is 16.8 Å². The molecule has 0 aromatic heterocycles. The molecule has 0 aliphatic carbocycles. The Balaban J connectivity index is 1.95. The molecule has 1 unspecified atom stereocenters. The van der Waals surface area contributed by atoms with Crippen molar-refractivity contribution in [3.8, 4) is 0 Å². The lowest BCUT2D eigenvalue weighted by molar-refractivity contribution is -0.134. The van der Waals surface area contributed by atoms with Gasteiger partial charge in [-0.1, -0.05) is 12.1 Å². The molecule has 0 spiro atoms. The van der Waals surface area contributed by atoms with E-state index in [2.05, 4.69) is 5.32 Å². The predicted molar refractivity (Wildman–Crippen MR) is 75.0 cm³/mol. The molecule has 2 heterocycles. The summed E-state index contributed by atoms with van der Waals surface area (Å²) < 4.78 is 0. The monoisotopic (exact) mass is 288 g/mol. The zero-order valence-electron chi connectivity index (χ0n) is 11.4. The number of amides is 2. The van der Waals surface area contributed by atoms with Gasteiger partial charge in [0, 0.05) is 25.2 Å². The van der Waals surface area contributed by atoms with Crippen LogP contribution >= 0.6 is 0 Å². The number of piperidine rings is 1. The predicted octanol–water partition coefficient (Wildman–Crippen LogP) is -0.859. The number of nitrogens with one attached hydrogen (secondary N) is 1. The number of nitrogen functional groups attached to an aromatic ring is 1. The van der Waals surface area contributed by atoms with Crippen LogP contribution in [0, 0.1) is 0 Å². The third-order valence-corrected chi connectivity index (χ3v) is 4.02. The smallest absolute Gasteiger partial charge is 0.257 e. The third-order valence-electron chi connectivity index (χ3n) is 4.02. The first-order valence-corrected chi connectivity index (χ1v) is 6.73. The van der Waals surface area contributed by atoms with E-state index in [0.717, 1.165) is 5.56 Å². The van der Waals surface area contributed by atoms with Gasteiger partial charge in [-0.15, -0.1) is 0 Å². The van der Waals surface area contributed by atoms with Crippen LogP contribution in [0.15, 0.2) is 12.1 Å². The van der Waals surface area contributed by atoms with Crippen LogP contribution in [0.5, 0.6) is 0 Å². The minimum atomic E-state index is -0.758. The van der Waals surface area contributed by atoms with E-state index in [1.165, 1.54) is 4.90 Å². The SMILES string of the molecule is NCc1ccc2c(c1N)C(=O)N(C1CC(=O)CNC1=O)C2. The highest BCUT2D eigenvalue weighted by Gasteiger charge is 2.40. The Morgan fingerprint density at radius 2 is 2.05 bits per heavy atom. The van der Waals surface area contributed by atoms with E-state index >= 15 is 0 Å². The van der Waals surface area contributed by atoms with Gasteiger partial charge < -0.3 is 21.7 Å². The van der Waals surface area contributed by atoms with Gasteiger partial charge in [-0.3, -0.25) is 14.4 Å². The van der Waals surface area contributed by atoms with Crippen LogP contribution in [0.4, 0.5) is 5.69 Å². The van der Waals surface area contributed by atoms with Crippen molar-refractivity contribution in [1.82, 2.24) is 10.2 Å². The molecule has 7 nitrogen and oxygen atoms in total. The van der Waals surface area contributed by atoms with Gasteiger partial charge in [-0.25, -0.2) is 0 Å². The van der Waals surface area contributed by atoms with Crippen molar-refractivity contribution in [2.75, 3.05) is 12.3 Å². The van der Waals surface area contributed by atoms with E-state index in [0.29, 0.717) is 16.8 Å². The van der Waals surface area contributed by atoms with E-state index in [1.807, 2.05) is 0 Å². The number of fused-ring (bicyclic) bond motifs is 1. The number of Topliss-reactive ketones (excluding diaryl/α,β-unsaturated/α-hetero) is 1. The Morgan fingerprint density at radius 3 is 2.76 bits per heavy atom. The molecule has 1 aromatic rings. The highest BCUT2D eigenvalue weighted by atomic mass is 16.2. The second-order valence-electron chi connectivity index (χ2n) is 5.29. The number of nitrogens with zero attached hydrogens (tertiary/aromatic N) is 1. The largest absolute Gasteiger partial charge is 0.398 e. The van der Waals surface area contributed by atoms with Crippen molar-refractivity contribution in [2.24, 2.45) is 5.73 Å². The van der Waals surface area contributed by atoms with Crippen molar-refractivity contribution in [3.05, 3.63) is 28.8 Å². The molecule has 2 aliphatic heterocycles. The molecule has 1 saturated heterocycles. The molecule has 3 rings (SSSR count). The van der Waals surface area contributed by atoms with Crippen molar-refractivity contribution < 1.29 is 14.4 Å². The summed E-state index contributed by atoms with van der Waals surface area (Å²) >= 11 is 0. The minimum Gasteiger partial charge on any atom is -0.398 e. The van der Waals surface area contributed by atoms with Crippen LogP contribution in [0.25, 0.3) is 0 Å². The number of hydrogen-bond donors (Lipinski definition) is 3. The summed E-state index contributed by atoms with van der Waals surface area (Å²) in [4.78, 5) is 37.4. The molecule has 0 saturated carbocycles. The fourth-order valence-corrected chi connectivity index (χ4v) is 2.86. The number of rotatable bonds is 2. The average molecular weight is 288 g/mol. The molecular formula is C14H16N4O3. The molecule has 110 valence electrons. The molecule has 1 fully saturated rings. The van der Waals surface area contributed by atoms with E-state index < -0.39 is 6.04 Å². The lowest BCUT2D eigenvalue weighted by Gasteiger charge is -2.29. The van der Waals surface area contributed by atoms with Gasteiger partial charge in [0.1, 0.15) is 6.04 Å². The van der Waals surface area contributed by atoms with Crippen molar-refractivity contribution in [3.63, 3.8) is 0 Å². The van der Waals surface area contributed by atoms with E-state index in [1.54, 1.807) is 12.1 Å². The Bertz CT molecular complexity index is 656. The zero-order valence-corrected chi connectivity index (χ0v) is 11.4. The first-order chi connectivity index (χ1) is 10.0. The first kappa shape index (κ1) is 13.6. The summed E-state index contributed by atoms with van der Waals surface area (Å²) in [5.74, 6) is -0.694. The minimum absolute atomic E-state index is 0.0315. The van der Waals surface area contributed by atoms with Crippen molar-refractivity contribution in [2.45, 2.75) is 25.6 Å². The first-order valence-electron chi connectivity index (χ1n) is 6.73. The number of nitrogens with two attached hydrogens (primary N) is 2. The molecule has 2 aliphatic rings. The molecular weight excluding hydrogens is 272 g/mol. The lowest BCUT2D eigenvalue weighted by Crippen LogP contribution is -2.53. The number of carbonyl (C=O) groups excluding carboxylic acids is 3. The highest BCUT2D eigenvalue weighted by Crippen LogP contribution is 2.32. The number of hydrogen-bond acceptors (Lipinski definition) is 5. The Labute approximate surface area is 121 Å². The van der Waals surface area contributed by atoms with Gasteiger partial charge in [0.05, 0.1) is 12.1 Å². The maximum atomic E-state index is 12.6. The molecule has 0 radical (unpaired) electrons. The lowest BCUT2D eigenvalue weighted by atomic mass is 10.0. The Morgan fingerprint density at radius 1 is 1.29 bits per heavy atom. The zero-order chi connectivity index (χ0) is 15.1. The van der Waals surface area contributed by atoms with Gasteiger partial charge in [0.15, 0.2) is 5.78 Å².